The summed E-state index contributed by atoms with van der Waals surface area (Å²) >= 11 is 4.60. The Balaban J connectivity index is 1.54. The number of anilines is 1. The van der Waals surface area contributed by atoms with Crippen molar-refractivity contribution in [2.24, 2.45) is 5.92 Å². The summed E-state index contributed by atoms with van der Waals surface area (Å²) in [5.41, 5.74) is 0.282. The Hall–Kier alpha value is -3.25. The van der Waals surface area contributed by atoms with Gasteiger partial charge >= 0.3 is 12.1 Å². The fourth-order valence-corrected chi connectivity index (χ4v) is 6.14. The van der Waals surface area contributed by atoms with E-state index >= 15 is 0 Å². The molecular formula is C26H22BrF3N4O3S. The molecule has 0 unspecified atom stereocenters. The summed E-state index contributed by atoms with van der Waals surface area (Å²) in [4.78, 5) is 31.3. The van der Waals surface area contributed by atoms with Gasteiger partial charge in [-0.2, -0.15) is 18.3 Å². The molecule has 4 aromatic rings. The number of hydrogen-bond donors (Lipinski definition) is 1. The van der Waals surface area contributed by atoms with E-state index < -0.39 is 23.7 Å². The van der Waals surface area contributed by atoms with Crippen molar-refractivity contribution in [3.8, 4) is 11.3 Å². The Morgan fingerprint density at radius 1 is 1.24 bits per heavy atom. The fourth-order valence-electron chi connectivity index (χ4n) is 4.48. The summed E-state index contributed by atoms with van der Waals surface area (Å²) in [5.74, 6) is -0.846. The van der Waals surface area contributed by atoms with E-state index in [1.54, 1.807) is 31.2 Å². The smallest absolute Gasteiger partial charge is 0.433 e. The minimum absolute atomic E-state index is 0.0915. The number of amides is 1. The van der Waals surface area contributed by atoms with Gasteiger partial charge in [-0.3, -0.25) is 4.79 Å². The summed E-state index contributed by atoms with van der Waals surface area (Å²) in [5, 5.41) is 6.94. The van der Waals surface area contributed by atoms with E-state index in [1.165, 1.54) is 17.4 Å². The second kappa shape index (κ2) is 10.1. The third-order valence-electron chi connectivity index (χ3n) is 6.31. The monoisotopic (exact) mass is 606 g/mol. The zero-order chi connectivity index (χ0) is 27.2. The van der Waals surface area contributed by atoms with Gasteiger partial charge in [-0.1, -0.05) is 35.0 Å². The number of carbonyl (C=O) groups is 2. The summed E-state index contributed by atoms with van der Waals surface area (Å²) in [6, 6.07) is 8.79. The maximum Gasteiger partial charge on any atom is 0.433 e. The maximum atomic E-state index is 14.0. The van der Waals surface area contributed by atoms with Crippen LogP contribution in [0.3, 0.4) is 0 Å². The van der Waals surface area contributed by atoms with Gasteiger partial charge in [-0.25, -0.2) is 14.3 Å². The van der Waals surface area contributed by atoms with Crippen LogP contribution in [-0.4, -0.2) is 33.1 Å². The van der Waals surface area contributed by atoms with Crippen LogP contribution < -0.4 is 5.32 Å². The number of alkyl halides is 3. The van der Waals surface area contributed by atoms with Crippen molar-refractivity contribution < 1.29 is 27.5 Å². The van der Waals surface area contributed by atoms with E-state index in [4.69, 9.17) is 4.74 Å². The quantitative estimate of drug-likeness (QED) is 0.253. The number of nitrogens with one attached hydrogen (secondary N) is 1. The number of halogens is 4. The second-order valence-corrected chi connectivity index (χ2v) is 11.1. The van der Waals surface area contributed by atoms with Crippen LogP contribution in [-0.2, 0) is 23.8 Å². The van der Waals surface area contributed by atoms with Crippen LogP contribution in [0.5, 0.6) is 0 Å². The van der Waals surface area contributed by atoms with Crippen LogP contribution in [0.25, 0.3) is 16.9 Å². The van der Waals surface area contributed by atoms with Gasteiger partial charge in [0.25, 0.3) is 5.91 Å². The van der Waals surface area contributed by atoms with Crippen molar-refractivity contribution in [3.63, 3.8) is 0 Å². The van der Waals surface area contributed by atoms with Gasteiger partial charge in [-0.05, 0) is 55.9 Å². The van der Waals surface area contributed by atoms with Gasteiger partial charge in [0.2, 0.25) is 0 Å². The number of nitrogens with zero attached hydrogens (tertiary/aromatic N) is 3. The Morgan fingerprint density at radius 2 is 1.97 bits per heavy atom. The first-order valence-corrected chi connectivity index (χ1v) is 13.5. The molecule has 1 amide bonds. The predicted octanol–water partition coefficient (Wildman–Crippen LogP) is 6.79. The van der Waals surface area contributed by atoms with E-state index in [0.717, 1.165) is 33.8 Å². The van der Waals surface area contributed by atoms with Crippen molar-refractivity contribution in [2.45, 2.75) is 39.3 Å². The lowest BCUT2D eigenvalue weighted by molar-refractivity contribution is -0.142. The molecule has 0 saturated heterocycles. The van der Waals surface area contributed by atoms with Crippen molar-refractivity contribution in [2.75, 3.05) is 11.9 Å². The first-order chi connectivity index (χ1) is 18.0. The molecule has 0 radical (unpaired) electrons. The molecule has 0 saturated carbocycles. The Kier molecular flexibility index (Phi) is 7.03. The molecule has 1 aromatic carbocycles. The standard InChI is InChI=1S/C26H22BrF3N4O3S/c1-3-37-25(36)22-16-9-4-13(2)10-19(16)38-24(22)32-23(35)18-12-21-31-17(14-5-7-15(27)8-6-14)11-20(26(28,29)30)34(21)33-18/h5-8,11-13H,3-4,9-10H2,1-2H3,(H,32,35)/t13-/m0/s1. The molecule has 1 atom stereocenters. The second-order valence-electron chi connectivity index (χ2n) is 9.06. The van der Waals surface area contributed by atoms with Crippen LogP contribution in [0, 0.1) is 5.92 Å². The van der Waals surface area contributed by atoms with Crippen molar-refractivity contribution in [3.05, 3.63) is 68.3 Å². The molecule has 5 rings (SSSR count). The number of aromatic nitrogens is 3. The molecule has 0 bridgehead atoms. The fraction of sp³-hybridized carbons (Fsp3) is 0.308. The molecule has 1 N–H and O–H groups in total. The molecule has 1 aliphatic carbocycles. The summed E-state index contributed by atoms with van der Waals surface area (Å²) in [6.45, 7) is 3.99. The van der Waals surface area contributed by atoms with Crippen molar-refractivity contribution in [1.82, 2.24) is 14.6 Å². The van der Waals surface area contributed by atoms with Crippen LogP contribution in [0.4, 0.5) is 18.2 Å². The van der Waals surface area contributed by atoms with Crippen molar-refractivity contribution in [1.29, 1.82) is 0 Å². The molecular weight excluding hydrogens is 585 g/mol. The largest absolute Gasteiger partial charge is 0.462 e. The molecule has 0 fully saturated rings. The van der Waals surface area contributed by atoms with Gasteiger partial charge in [0.05, 0.1) is 17.9 Å². The van der Waals surface area contributed by atoms with Crippen LogP contribution in [0.1, 0.15) is 57.2 Å². The minimum Gasteiger partial charge on any atom is -0.462 e. The highest BCUT2D eigenvalue weighted by molar-refractivity contribution is 9.10. The highest BCUT2D eigenvalue weighted by atomic mass is 79.9. The molecule has 38 heavy (non-hydrogen) atoms. The number of thiophene rings is 1. The SMILES string of the molecule is CCOC(=O)c1c(NC(=O)c2cc3nc(-c4ccc(Br)cc4)cc(C(F)(F)F)n3n2)sc2c1CC[C@H](C)C2. The van der Waals surface area contributed by atoms with E-state index in [-0.39, 0.29) is 23.6 Å². The number of esters is 1. The zero-order valence-corrected chi connectivity index (χ0v) is 22.8. The average Bonchev–Trinajstić information content (AvgIpc) is 3.44. The Bertz CT molecular complexity index is 1550. The summed E-state index contributed by atoms with van der Waals surface area (Å²) in [6.07, 6.45) is -2.38. The Labute approximate surface area is 228 Å². The van der Waals surface area contributed by atoms with Crippen LogP contribution >= 0.6 is 27.3 Å². The first-order valence-electron chi connectivity index (χ1n) is 11.9. The minimum atomic E-state index is -4.74. The summed E-state index contributed by atoms with van der Waals surface area (Å²) in [7, 11) is 0. The summed E-state index contributed by atoms with van der Waals surface area (Å²) < 4.78 is 48.5. The van der Waals surface area contributed by atoms with E-state index in [0.29, 0.717) is 33.0 Å². The van der Waals surface area contributed by atoms with E-state index in [1.807, 2.05) is 0 Å². The number of fused-ring (bicyclic) bond motifs is 2. The predicted molar refractivity (Wildman–Crippen MR) is 141 cm³/mol. The third kappa shape index (κ3) is 5.06. The van der Waals surface area contributed by atoms with Gasteiger partial charge in [0.15, 0.2) is 17.0 Å². The molecule has 0 aliphatic heterocycles. The van der Waals surface area contributed by atoms with E-state index in [2.05, 4.69) is 38.3 Å². The highest BCUT2D eigenvalue weighted by Crippen LogP contribution is 2.40. The number of benzene rings is 1. The molecule has 0 spiro atoms. The lowest BCUT2D eigenvalue weighted by Gasteiger charge is -2.18. The maximum absolute atomic E-state index is 14.0. The molecule has 198 valence electrons. The number of ether oxygens (including phenoxy) is 1. The zero-order valence-electron chi connectivity index (χ0n) is 20.4. The molecule has 12 heteroatoms. The normalized spacial score (nSPS) is 15.4. The van der Waals surface area contributed by atoms with Crippen LogP contribution in [0.15, 0.2) is 40.9 Å². The number of hydrogen-bond acceptors (Lipinski definition) is 6. The number of carbonyl (C=O) groups excluding carboxylic acids is 2. The highest BCUT2D eigenvalue weighted by Gasteiger charge is 2.36. The van der Waals surface area contributed by atoms with Crippen LogP contribution in [0.2, 0.25) is 0 Å². The lowest BCUT2D eigenvalue weighted by Crippen LogP contribution is -2.17. The van der Waals surface area contributed by atoms with Gasteiger partial charge in [0.1, 0.15) is 5.00 Å². The topological polar surface area (TPSA) is 85.6 Å². The van der Waals surface area contributed by atoms with Gasteiger partial charge in [-0.15, -0.1) is 11.3 Å². The molecule has 7 nitrogen and oxygen atoms in total. The number of rotatable bonds is 5. The van der Waals surface area contributed by atoms with Gasteiger partial charge in [0, 0.05) is 21.0 Å². The Morgan fingerprint density at radius 3 is 2.66 bits per heavy atom. The van der Waals surface area contributed by atoms with Gasteiger partial charge < -0.3 is 10.1 Å². The molecule has 3 aromatic heterocycles. The molecule has 3 heterocycles. The third-order valence-corrected chi connectivity index (χ3v) is 8.01. The first kappa shape index (κ1) is 26.4. The molecule has 1 aliphatic rings. The lowest BCUT2D eigenvalue weighted by atomic mass is 9.88. The van der Waals surface area contributed by atoms with Crippen molar-refractivity contribution >= 4 is 49.8 Å². The van der Waals surface area contributed by atoms with E-state index in [9.17, 15) is 22.8 Å². The average molecular weight is 607 g/mol.